The predicted octanol–water partition coefficient (Wildman–Crippen LogP) is 3.57. The first kappa shape index (κ1) is 25.8. The first-order chi connectivity index (χ1) is 17.9. The molecule has 0 aromatic heterocycles. The van der Waals surface area contributed by atoms with Crippen molar-refractivity contribution in [2.75, 3.05) is 36.5 Å². The molecule has 1 aliphatic heterocycles. The zero-order valence-corrected chi connectivity index (χ0v) is 20.4. The van der Waals surface area contributed by atoms with Gasteiger partial charge in [-0.2, -0.15) is 0 Å². The van der Waals surface area contributed by atoms with Crippen LogP contribution in [0.2, 0.25) is 0 Å². The topological polar surface area (TPSA) is 97.0 Å². The van der Waals surface area contributed by atoms with Crippen molar-refractivity contribution < 1.29 is 28.2 Å². The zero-order chi connectivity index (χ0) is 26.2. The molecule has 3 aromatic carbocycles. The molecule has 37 heavy (non-hydrogen) atoms. The van der Waals surface area contributed by atoms with E-state index in [4.69, 9.17) is 9.47 Å². The summed E-state index contributed by atoms with van der Waals surface area (Å²) < 4.78 is 24.8. The molecule has 0 spiro atoms. The van der Waals surface area contributed by atoms with Gasteiger partial charge in [0.2, 0.25) is 5.91 Å². The fourth-order valence-electron chi connectivity index (χ4n) is 4.07. The molecule has 0 aliphatic carbocycles. The van der Waals surface area contributed by atoms with Crippen LogP contribution in [-0.4, -0.2) is 50.1 Å². The average Bonchev–Trinajstić information content (AvgIpc) is 2.90. The smallest absolute Gasteiger partial charge is 0.308 e. The van der Waals surface area contributed by atoms with Crippen LogP contribution >= 0.6 is 0 Å². The molecule has 1 aliphatic rings. The number of benzene rings is 3. The van der Waals surface area contributed by atoms with E-state index >= 15 is 0 Å². The summed E-state index contributed by atoms with van der Waals surface area (Å²) in [4.78, 5) is 39.7. The fraction of sp³-hybridized carbons (Fsp3) is 0.250. The Morgan fingerprint density at radius 1 is 0.973 bits per heavy atom. The van der Waals surface area contributed by atoms with E-state index in [9.17, 15) is 18.8 Å². The van der Waals surface area contributed by atoms with Crippen LogP contribution in [0.3, 0.4) is 0 Å². The van der Waals surface area contributed by atoms with Gasteiger partial charge in [0.1, 0.15) is 17.6 Å². The minimum absolute atomic E-state index is 0.131. The number of amides is 2. The largest absolute Gasteiger partial charge is 0.427 e. The highest BCUT2D eigenvalue weighted by molar-refractivity contribution is 6.02. The maximum Gasteiger partial charge on any atom is 0.308 e. The van der Waals surface area contributed by atoms with Crippen molar-refractivity contribution in [1.82, 2.24) is 5.32 Å². The first-order valence-corrected chi connectivity index (χ1v) is 12.0. The van der Waals surface area contributed by atoms with Gasteiger partial charge in [-0.3, -0.25) is 14.4 Å². The minimum Gasteiger partial charge on any atom is -0.427 e. The van der Waals surface area contributed by atoms with Crippen LogP contribution in [0.25, 0.3) is 0 Å². The fourth-order valence-corrected chi connectivity index (χ4v) is 4.07. The molecular formula is C28H28FN3O5. The van der Waals surface area contributed by atoms with Gasteiger partial charge in [-0.1, -0.05) is 36.4 Å². The molecular weight excluding hydrogens is 477 g/mol. The Kier molecular flexibility index (Phi) is 8.48. The number of hydrogen-bond acceptors (Lipinski definition) is 6. The number of esters is 1. The molecule has 4 rings (SSSR count). The third kappa shape index (κ3) is 6.92. The molecule has 2 N–H and O–H groups in total. The van der Waals surface area contributed by atoms with Crippen molar-refractivity contribution in [3.63, 3.8) is 0 Å². The number of anilines is 2. The highest BCUT2D eigenvalue weighted by Gasteiger charge is 2.25. The van der Waals surface area contributed by atoms with Crippen molar-refractivity contribution in [2.24, 2.45) is 0 Å². The summed E-state index contributed by atoms with van der Waals surface area (Å²) in [6.07, 6.45) is 0.131. The Morgan fingerprint density at radius 2 is 1.65 bits per heavy atom. The van der Waals surface area contributed by atoms with Crippen LogP contribution in [0.1, 0.15) is 22.8 Å². The molecule has 1 heterocycles. The number of carbonyl (C=O) groups is 3. The average molecular weight is 506 g/mol. The van der Waals surface area contributed by atoms with Gasteiger partial charge < -0.3 is 25.0 Å². The Labute approximate surface area is 214 Å². The summed E-state index contributed by atoms with van der Waals surface area (Å²) in [7, 11) is 0. The van der Waals surface area contributed by atoms with Crippen molar-refractivity contribution in [2.45, 2.75) is 19.4 Å². The molecule has 3 aromatic rings. The van der Waals surface area contributed by atoms with Gasteiger partial charge in [0.15, 0.2) is 0 Å². The molecule has 0 saturated carbocycles. The van der Waals surface area contributed by atoms with Crippen LogP contribution in [0.4, 0.5) is 15.8 Å². The molecule has 1 unspecified atom stereocenters. The van der Waals surface area contributed by atoms with Gasteiger partial charge in [0.05, 0.1) is 30.2 Å². The number of nitrogens with one attached hydrogen (secondary N) is 2. The third-order valence-electron chi connectivity index (χ3n) is 5.88. The number of nitrogens with zero attached hydrogens (tertiary/aromatic N) is 1. The Balaban J connectivity index is 1.56. The second-order valence-corrected chi connectivity index (χ2v) is 8.55. The number of hydrogen-bond donors (Lipinski definition) is 2. The molecule has 2 amide bonds. The summed E-state index contributed by atoms with van der Waals surface area (Å²) in [6.45, 7) is 3.87. The number of carbonyl (C=O) groups excluding carboxylic acids is 3. The molecule has 1 atom stereocenters. The van der Waals surface area contributed by atoms with Crippen molar-refractivity contribution in [1.29, 1.82) is 0 Å². The lowest BCUT2D eigenvalue weighted by atomic mass is 10.0. The Bertz CT molecular complexity index is 1260. The Hall–Kier alpha value is -4.24. The number of morpholine rings is 1. The minimum atomic E-state index is -1.01. The van der Waals surface area contributed by atoms with Crippen LogP contribution < -0.4 is 20.3 Å². The lowest BCUT2D eigenvalue weighted by Crippen LogP contribution is -2.45. The van der Waals surface area contributed by atoms with Gasteiger partial charge in [-0.25, -0.2) is 4.39 Å². The lowest BCUT2D eigenvalue weighted by Gasteiger charge is -2.31. The molecule has 8 nitrogen and oxygen atoms in total. The molecule has 9 heteroatoms. The van der Waals surface area contributed by atoms with E-state index in [1.165, 1.54) is 25.1 Å². The van der Waals surface area contributed by atoms with E-state index in [0.717, 1.165) is 5.69 Å². The van der Waals surface area contributed by atoms with Crippen molar-refractivity contribution in [3.8, 4) is 5.75 Å². The van der Waals surface area contributed by atoms with E-state index in [1.54, 1.807) is 36.4 Å². The quantitative estimate of drug-likeness (QED) is 0.359. The number of rotatable bonds is 8. The van der Waals surface area contributed by atoms with Crippen LogP contribution in [0.5, 0.6) is 5.75 Å². The summed E-state index contributed by atoms with van der Waals surface area (Å²) in [5.41, 5.74) is 2.01. The van der Waals surface area contributed by atoms with Gasteiger partial charge >= 0.3 is 5.97 Å². The summed E-state index contributed by atoms with van der Waals surface area (Å²) >= 11 is 0. The van der Waals surface area contributed by atoms with E-state index in [-0.39, 0.29) is 12.0 Å². The predicted molar refractivity (Wildman–Crippen MR) is 137 cm³/mol. The molecule has 0 radical (unpaired) electrons. The molecule has 0 bridgehead atoms. The summed E-state index contributed by atoms with van der Waals surface area (Å²) in [6, 6.07) is 18.6. The van der Waals surface area contributed by atoms with Gasteiger partial charge in [-0.15, -0.1) is 0 Å². The van der Waals surface area contributed by atoms with Crippen molar-refractivity contribution >= 4 is 29.2 Å². The monoisotopic (exact) mass is 505 g/mol. The Morgan fingerprint density at radius 3 is 2.35 bits per heavy atom. The lowest BCUT2D eigenvalue weighted by molar-refractivity contribution is -0.131. The SMILES string of the molecule is CC(=O)Oc1ccc(CC(NC(=O)c2ccccc2F)C(=O)Nc2ccccc2N2CCOCC2)cc1. The van der Waals surface area contributed by atoms with Gasteiger partial charge in [0, 0.05) is 26.4 Å². The number of ether oxygens (including phenoxy) is 2. The molecule has 1 fully saturated rings. The maximum atomic E-state index is 14.3. The highest BCUT2D eigenvalue weighted by Crippen LogP contribution is 2.27. The number of para-hydroxylation sites is 2. The van der Waals surface area contributed by atoms with Crippen molar-refractivity contribution in [3.05, 3.63) is 89.7 Å². The second-order valence-electron chi connectivity index (χ2n) is 8.55. The van der Waals surface area contributed by atoms with Gasteiger partial charge in [-0.05, 0) is 42.0 Å². The summed E-state index contributed by atoms with van der Waals surface area (Å²) in [5.74, 6) is -1.90. The molecule has 192 valence electrons. The number of halogens is 1. The summed E-state index contributed by atoms with van der Waals surface area (Å²) in [5, 5.41) is 5.62. The third-order valence-corrected chi connectivity index (χ3v) is 5.88. The van der Waals surface area contributed by atoms with Crippen LogP contribution in [0.15, 0.2) is 72.8 Å². The van der Waals surface area contributed by atoms with Crippen LogP contribution in [-0.2, 0) is 20.7 Å². The maximum absolute atomic E-state index is 14.3. The van der Waals surface area contributed by atoms with Crippen LogP contribution in [0, 0.1) is 5.82 Å². The van der Waals surface area contributed by atoms with E-state index < -0.39 is 29.6 Å². The zero-order valence-electron chi connectivity index (χ0n) is 20.4. The normalized spacial score (nSPS) is 13.9. The highest BCUT2D eigenvalue weighted by atomic mass is 19.1. The molecule has 1 saturated heterocycles. The van der Waals surface area contributed by atoms with E-state index in [0.29, 0.717) is 43.3 Å². The first-order valence-electron chi connectivity index (χ1n) is 12.0. The van der Waals surface area contributed by atoms with E-state index in [1.807, 2.05) is 18.2 Å². The standard InChI is InChI=1S/C28H28FN3O5/c1-19(33)37-21-12-10-20(11-13-21)18-25(31-27(34)22-6-2-3-7-23(22)29)28(35)30-24-8-4-5-9-26(24)32-14-16-36-17-15-32/h2-13,25H,14-18H2,1H3,(H,30,35)(H,31,34). The van der Waals surface area contributed by atoms with E-state index in [2.05, 4.69) is 15.5 Å². The van der Waals surface area contributed by atoms with Gasteiger partial charge in [0.25, 0.3) is 5.91 Å². The second kappa shape index (κ2) is 12.1.